The topological polar surface area (TPSA) is 76.1 Å². The van der Waals surface area contributed by atoms with Crippen molar-refractivity contribution in [2.24, 2.45) is 5.41 Å². The van der Waals surface area contributed by atoms with Crippen LogP contribution in [0.2, 0.25) is 0 Å². The van der Waals surface area contributed by atoms with Crippen LogP contribution >= 0.6 is 0 Å². The van der Waals surface area contributed by atoms with E-state index in [-0.39, 0.29) is 25.7 Å². The zero-order valence-electron chi connectivity index (χ0n) is 14.7. The summed E-state index contributed by atoms with van der Waals surface area (Å²) in [5, 5.41) is 9.45. The highest BCUT2D eigenvalue weighted by Gasteiger charge is 2.46. The lowest BCUT2D eigenvalue weighted by Crippen LogP contribution is -2.41. The fourth-order valence-corrected chi connectivity index (χ4v) is 3.34. The molecule has 132 valence electrons. The van der Waals surface area contributed by atoms with Gasteiger partial charge in [-0.1, -0.05) is 17.7 Å². The average Bonchev–Trinajstić information content (AvgIpc) is 2.92. The van der Waals surface area contributed by atoms with Gasteiger partial charge in [0.05, 0.1) is 6.61 Å². The molecule has 1 aromatic rings. The van der Waals surface area contributed by atoms with Gasteiger partial charge in [-0.3, -0.25) is 9.59 Å². The summed E-state index contributed by atoms with van der Waals surface area (Å²) in [7, 11) is 1.47. The van der Waals surface area contributed by atoms with Crippen LogP contribution in [-0.4, -0.2) is 55.3 Å². The van der Waals surface area contributed by atoms with Crippen LogP contribution in [0.15, 0.2) is 12.1 Å². The van der Waals surface area contributed by atoms with Crippen LogP contribution in [0.3, 0.4) is 0 Å². The molecule has 1 aliphatic rings. The summed E-state index contributed by atoms with van der Waals surface area (Å²) in [4.78, 5) is 25.5. The molecule has 1 fully saturated rings. The van der Waals surface area contributed by atoms with E-state index in [0.29, 0.717) is 13.0 Å². The number of carboxylic acid groups (broad SMARTS) is 1. The van der Waals surface area contributed by atoms with Crippen LogP contribution in [0.1, 0.15) is 23.1 Å². The number of hydrogen-bond acceptors (Lipinski definition) is 4. The van der Waals surface area contributed by atoms with Crippen molar-refractivity contribution in [3.05, 3.63) is 28.8 Å². The number of nitrogens with zero attached hydrogens (tertiary/aromatic N) is 1. The highest BCUT2D eigenvalue weighted by atomic mass is 16.5. The van der Waals surface area contributed by atoms with E-state index < -0.39 is 11.4 Å². The Morgan fingerprint density at radius 2 is 1.88 bits per heavy atom. The Morgan fingerprint density at radius 1 is 1.25 bits per heavy atom. The number of aliphatic carboxylic acids is 1. The summed E-state index contributed by atoms with van der Waals surface area (Å²) >= 11 is 0. The molecule has 1 N–H and O–H groups in total. The molecule has 1 heterocycles. The Balaban J connectivity index is 2.01. The van der Waals surface area contributed by atoms with Crippen LogP contribution in [0.25, 0.3) is 0 Å². The zero-order chi connectivity index (χ0) is 17.9. The third-order valence-corrected chi connectivity index (χ3v) is 4.53. The van der Waals surface area contributed by atoms with Crippen molar-refractivity contribution in [2.75, 3.05) is 33.4 Å². The minimum absolute atomic E-state index is 0.0899. The van der Waals surface area contributed by atoms with Crippen molar-refractivity contribution in [1.29, 1.82) is 0 Å². The number of ether oxygens (including phenoxy) is 2. The molecule has 1 saturated heterocycles. The quantitative estimate of drug-likeness (QED) is 0.860. The summed E-state index contributed by atoms with van der Waals surface area (Å²) in [6.45, 7) is 6.48. The summed E-state index contributed by atoms with van der Waals surface area (Å²) in [6, 6.07) is 4.02. The van der Waals surface area contributed by atoms with Crippen LogP contribution in [0.4, 0.5) is 0 Å². The van der Waals surface area contributed by atoms with E-state index in [0.717, 1.165) is 22.4 Å². The van der Waals surface area contributed by atoms with Gasteiger partial charge in [0.25, 0.3) is 5.91 Å². The summed E-state index contributed by atoms with van der Waals surface area (Å²) in [6.07, 6.45) is 0.393. The molecule has 0 spiro atoms. The van der Waals surface area contributed by atoms with Crippen molar-refractivity contribution in [3.8, 4) is 5.75 Å². The molecule has 2 rings (SSSR count). The van der Waals surface area contributed by atoms with Gasteiger partial charge in [0, 0.05) is 20.2 Å². The molecule has 6 heteroatoms. The van der Waals surface area contributed by atoms with Crippen molar-refractivity contribution >= 4 is 11.9 Å². The van der Waals surface area contributed by atoms with Crippen LogP contribution in [0, 0.1) is 26.2 Å². The minimum Gasteiger partial charge on any atom is -0.483 e. The maximum Gasteiger partial charge on any atom is 0.313 e. The average molecular weight is 335 g/mol. The zero-order valence-corrected chi connectivity index (χ0v) is 14.7. The minimum atomic E-state index is -1.01. The molecular formula is C18H25NO5. The fraction of sp³-hybridized carbons (Fsp3) is 0.556. The van der Waals surface area contributed by atoms with Gasteiger partial charge in [0.15, 0.2) is 6.61 Å². The Hall–Kier alpha value is -2.08. The van der Waals surface area contributed by atoms with E-state index in [1.807, 2.05) is 32.9 Å². The second-order valence-electron chi connectivity index (χ2n) is 6.60. The Morgan fingerprint density at radius 3 is 2.42 bits per heavy atom. The first-order chi connectivity index (χ1) is 11.3. The molecule has 1 atom stereocenters. The molecule has 1 amide bonds. The van der Waals surface area contributed by atoms with E-state index in [1.165, 1.54) is 7.11 Å². The van der Waals surface area contributed by atoms with Gasteiger partial charge >= 0.3 is 5.97 Å². The standard InChI is InChI=1S/C18H25NO5/c1-12-7-13(2)16(14(3)8-12)24-9-15(20)19-6-5-18(10-19,11-23-4)17(21)22/h7-8H,5-6,9-11H2,1-4H3,(H,21,22). The smallest absolute Gasteiger partial charge is 0.313 e. The van der Waals surface area contributed by atoms with Crippen LogP contribution in [-0.2, 0) is 14.3 Å². The monoisotopic (exact) mass is 335 g/mol. The SMILES string of the molecule is COCC1(C(=O)O)CCN(C(=O)COc2c(C)cc(C)cc2C)C1. The van der Waals surface area contributed by atoms with Crippen molar-refractivity contribution in [2.45, 2.75) is 27.2 Å². The number of carboxylic acids is 1. The first-order valence-corrected chi connectivity index (χ1v) is 8.00. The largest absolute Gasteiger partial charge is 0.483 e. The van der Waals surface area contributed by atoms with Gasteiger partial charge in [0.2, 0.25) is 0 Å². The van der Waals surface area contributed by atoms with Gasteiger partial charge < -0.3 is 19.5 Å². The predicted octanol–water partition coefficient (Wildman–Crippen LogP) is 1.94. The highest BCUT2D eigenvalue weighted by molar-refractivity contribution is 5.81. The maximum absolute atomic E-state index is 12.4. The fourth-order valence-electron chi connectivity index (χ4n) is 3.34. The Labute approximate surface area is 142 Å². The lowest BCUT2D eigenvalue weighted by molar-refractivity contribution is -0.151. The van der Waals surface area contributed by atoms with Gasteiger partial charge in [-0.2, -0.15) is 0 Å². The third-order valence-electron chi connectivity index (χ3n) is 4.53. The number of hydrogen-bond donors (Lipinski definition) is 1. The van der Waals surface area contributed by atoms with Gasteiger partial charge in [-0.05, 0) is 38.3 Å². The molecule has 0 aliphatic carbocycles. The first-order valence-electron chi connectivity index (χ1n) is 8.00. The number of likely N-dealkylation sites (tertiary alicyclic amines) is 1. The summed E-state index contributed by atoms with van der Waals surface area (Å²) in [5.41, 5.74) is 2.11. The van der Waals surface area contributed by atoms with Gasteiger partial charge in [0.1, 0.15) is 11.2 Å². The van der Waals surface area contributed by atoms with Crippen molar-refractivity contribution in [3.63, 3.8) is 0 Å². The predicted molar refractivity (Wildman–Crippen MR) is 89.3 cm³/mol. The van der Waals surface area contributed by atoms with E-state index in [2.05, 4.69) is 0 Å². The van der Waals surface area contributed by atoms with E-state index in [9.17, 15) is 14.7 Å². The molecule has 0 radical (unpaired) electrons. The Bertz CT molecular complexity index is 619. The molecule has 6 nitrogen and oxygen atoms in total. The lowest BCUT2D eigenvalue weighted by Gasteiger charge is -2.24. The highest BCUT2D eigenvalue weighted by Crippen LogP contribution is 2.31. The third kappa shape index (κ3) is 3.70. The number of carbonyl (C=O) groups is 2. The molecular weight excluding hydrogens is 310 g/mol. The summed E-state index contributed by atoms with van der Waals surface area (Å²) < 4.78 is 10.8. The summed E-state index contributed by atoms with van der Waals surface area (Å²) in [5.74, 6) is -0.408. The second-order valence-corrected chi connectivity index (χ2v) is 6.60. The van der Waals surface area contributed by atoms with Gasteiger partial charge in [-0.25, -0.2) is 0 Å². The Kier molecular flexibility index (Phi) is 5.49. The van der Waals surface area contributed by atoms with Crippen LogP contribution < -0.4 is 4.74 Å². The molecule has 24 heavy (non-hydrogen) atoms. The number of benzene rings is 1. The second kappa shape index (κ2) is 7.21. The first kappa shape index (κ1) is 18.3. The van der Waals surface area contributed by atoms with Crippen molar-refractivity contribution in [1.82, 2.24) is 4.90 Å². The number of aryl methyl sites for hydroxylation is 3. The number of rotatable bonds is 6. The lowest BCUT2D eigenvalue weighted by atomic mass is 9.88. The molecule has 1 unspecified atom stereocenters. The molecule has 1 aromatic carbocycles. The number of amides is 1. The number of methoxy groups -OCH3 is 1. The maximum atomic E-state index is 12.4. The molecule has 0 saturated carbocycles. The van der Waals surface area contributed by atoms with E-state index >= 15 is 0 Å². The molecule has 0 aromatic heterocycles. The normalized spacial score (nSPS) is 20.2. The molecule has 0 bridgehead atoms. The number of carbonyl (C=O) groups excluding carboxylic acids is 1. The van der Waals surface area contributed by atoms with Crippen LogP contribution in [0.5, 0.6) is 5.75 Å². The van der Waals surface area contributed by atoms with E-state index in [4.69, 9.17) is 9.47 Å². The van der Waals surface area contributed by atoms with E-state index in [1.54, 1.807) is 4.90 Å². The molecule has 1 aliphatic heterocycles. The van der Waals surface area contributed by atoms with Gasteiger partial charge in [-0.15, -0.1) is 0 Å². The van der Waals surface area contributed by atoms with Crippen molar-refractivity contribution < 1.29 is 24.2 Å².